The lowest BCUT2D eigenvalue weighted by molar-refractivity contribution is -0.121. The third kappa shape index (κ3) is 4.21. The number of thiophene rings is 1. The van der Waals surface area contributed by atoms with E-state index in [2.05, 4.69) is 32.1 Å². The maximum atomic E-state index is 12.7. The number of carbonyl (C=O) groups is 1. The number of hydrogen-bond donors (Lipinski definition) is 2. The second-order valence-electron chi connectivity index (χ2n) is 8.73. The van der Waals surface area contributed by atoms with Crippen LogP contribution >= 0.6 is 11.3 Å². The largest absolute Gasteiger partial charge is 0.354 e. The van der Waals surface area contributed by atoms with E-state index in [-0.39, 0.29) is 17.5 Å². The molecule has 0 bridgehead atoms. The number of pyridine rings is 1. The fourth-order valence-electron chi connectivity index (χ4n) is 4.67. The number of carbonyl (C=O) groups excluding carboxylic acids is 1. The molecule has 162 valence electrons. The minimum Gasteiger partial charge on any atom is -0.354 e. The van der Waals surface area contributed by atoms with Crippen molar-refractivity contribution >= 4 is 33.3 Å². The number of H-pyrrole nitrogens is 1. The van der Waals surface area contributed by atoms with E-state index < -0.39 is 0 Å². The Bertz CT molecular complexity index is 1160. The van der Waals surface area contributed by atoms with Gasteiger partial charge in [-0.25, -0.2) is 9.97 Å². The highest BCUT2D eigenvalue weighted by atomic mass is 32.1. The molecule has 0 saturated carbocycles. The van der Waals surface area contributed by atoms with E-state index in [9.17, 15) is 9.59 Å². The molecule has 3 aromatic rings. The average Bonchev–Trinajstić information content (AvgIpc) is 3.37. The van der Waals surface area contributed by atoms with Gasteiger partial charge in [0.15, 0.2) is 0 Å². The zero-order valence-corrected chi connectivity index (χ0v) is 18.5. The molecule has 3 aromatic heterocycles. The molecule has 0 spiro atoms. The van der Waals surface area contributed by atoms with Gasteiger partial charge in [0, 0.05) is 43.0 Å². The Morgan fingerprint density at radius 2 is 2.26 bits per heavy atom. The number of fused-ring (bicyclic) bond motifs is 3. The molecule has 7 nitrogen and oxygen atoms in total. The summed E-state index contributed by atoms with van der Waals surface area (Å²) in [7, 11) is 0. The number of nitrogens with zero attached hydrogens (tertiary/aromatic N) is 3. The number of amides is 1. The molecule has 2 N–H and O–H groups in total. The van der Waals surface area contributed by atoms with Crippen LogP contribution in [0.1, 0.15) is 42.5 Å². The monoisotopic (exact) mass is 437 g/mol. The summed E-state index contributed by atoms with van der Waals surface area (Å²) < 4.78 is 0. The average molecular weight is 438 g/mol. The van der Waals surface area contributed by atoms with Crippen molar-refractivity contribution in [3.63, 3.8) is 0 Å². The van der Waals surface area contributed by atoms with Crippen LogP contribution in [0.3, 0.4) is 0 Å². The molecule has 31 heavy (non-hydrogen) atoms. The molecule has 2 unspecified atom stereocenters. The number of aromatic nitrogens is 3. The molecule has 1 saturated heterocycles. The van der Waals surface area contributed by atoms with Crippen molar-refractivity contribution in [1.82, 2.24) is 20.3 Å². The van der Waals surface area contributed by atoms with E-state index in [0.29, 0.717) is 24.6 Å². The summed E-state index contributed by atoms with van der Waals surface area (Å²) in [5.74, 6) is 2.20. The number of anilines is 1. The molecule has 0 radical (unpaired) electrons. The second kappa shape index (κ2) is 8.42. The molecular weight excluding hydrogens is 410 g/mol. The predicted molar refractivity (Wildman–Crippen MR) is 123 cm³/mol. The van der Waals surface area contributed by atoms with Gasteiger partial charge in [-0.05, 0) is 49.3 Å². The molecule has 1 aliphatic carbocycles. The minimum atomic E-state index is -0.0609. The van der Waals surface area contributed by atoms with Crippen LogP contribution in [0.5, 0.6) is 0 Å². The van der Waals surface area contributed by atoms with Crippen LogP contribution in [0.2, 0.25) is 0 Å². The summed E-state index contributed by atoms with van der Waals surface area (Å²) in [5, 5.41) is 3.88. The van der Waals surface area contributed by atoms with Crippen LogP contribution in [0.15, 0.2) is 29.2 Å². The third-order valence-electron chi connectivity index (χ3n) is 6.33. The topological polar surface area (TPSA) is 91.0 Å². The lowest BCUT2D eigenvalue weighted by Crippen LogP contribution is -2.37. The first-order chi connectivity index (χ1) is 15.1. The SMILES string of the molecule is CC1CCc2c(sc3nc(CCC(=O)NC4CCN(c5ccccn5)C4)[nH]c(=O)c23)C1. The summed E-state index contributed by atoms with van der Waals surface area (Å²) in [6.45, 7) is 3.91. The molecule has 1 fully saturated rings. The molecular formula is C23H27N5O2S. The first-order valence-corrected chi connectivity index (χ1v) is 11.9. The van der Waals surface area contributed by atoms with Crippen molar-refractivity contribution in [2.45, 2.75) is 51.5 Å². The number of aromatic amines is 1. The smallest absolute Gasteiger partial charge is 0.259 e. The van der Waals surface area contributed by atoms with Crippen molar-refractivity contribution in [3.8, 4) is 0 Å². The normalized spacial score (nSPS) is 20.7. The highest BCUT2D eigenvalue weighted by Crippen LogP contribution is 2.35. The Balaban J connectivity index is 1.20. The second-order valence-corrected chi connectivity index (χ2v) is 9.82. The van der Waals surface area contributed by atoms with Crippen LogP contribution in [-0.4, -0.2) is 40.0 Å². The summed E-state index contributed by atoms with van der Waals surface area (Å²) >= 11 is 1.65. The van der Waals surface area contributed by atoms with E-state index in [1.54, 1.807) is 17.5 Å². The van der Waals surface area contributed by atoms with Gasteiger partial charge in [0.1, 0.15) is 16.5 Å². The number of rotatable bonds is 5. The lowest BCUT2D eigenvalue weighted by Gasteiger charge is -2.17. The first kappa shape index (κ1) is 20.2. The molecule has 8 heteroatoms. The van der Waals surface area contributed by atoms with Crippen molar-refractivity contribution in [3.05, 3.63) is 51.0 Å². The van der Waals surface area contributed by atoms with Gasteiger partial charge in [0.05, 0.1) is 5.39 Å². The number of nitrogens with one attached hydrogen (secondary N) is 2. The lowest BCUT2D eigenvalue weighted by atomic mass is 9.89. The quantitative estimate of drug-likeness (QED) is 0.641. The maximum absolute atomic E-state index is 12.7. The van der Waals surface area contributed by atoms with Crippen molar-refractivity contribution in [1.29, 1.82) is 0 Å². The van der Waals surface area contributed by atoms with Gasteiger partial charge in [-0.2, -0.15) is 0 Å². The van der Waals surface area contributed by atoms with Crippen LogP contribution in [0.4, 0.5) is 5.82 Å². The summed E-state index contributed by atoms with van der Waals surface area (Å²) in [6, 6.07) is 5.99. The number of hydrogen-bond acceptors (Lipinski definition) is 6. The first-order valence-electron chi connectivity index (χ1n) is 11.1. The van der Waals surface area contributed by atoms with Crippen LogP contribution in [0.25, 0.3) is 10.2 Å². The molecule has 0 aromatic carbocycles. The van der Waals surface area contributed by atoms with Gasteiger partial charge < -0.3 is 15.2 Å². The Morgan fingerprint density at radius 1 is 1.35 bits per heavy atom. The van der Waals surface area contributed by atoms with Gasteiger partial charge in [0.25, 0.3) is 5.56 Å². The van der Waals surface area contributed by atoms with Gasteiger partial charge >= 0.3 is 0 Å². The highest BCUT2D eigenvalue weighted by molar-refractivity contribution is 7.18. The molecule has 5 rings (SSSR count). The highest BCUT2D eigenvalue weighted by Gasteiger charge is 2.25. The number of aryl methyl sites for hydroxylation is 2. The molecule has 1 aliphatic heterocycles. The standard InChI is InChI=1S/C23H27N5O2S/c1-14-5-6-16-17(12-14)31-23-21(16)22(30)26-18(27-23)7-8-20(29)25-15-9-11-28(13-15)19-4-2-3-10-24-19/h2-4,10,14-15H,5-9,11-13H2,1H3,(H,25,29)(H,26,27,30). The van der Waals surface area contributed by atoms with Crippen molar-refractivity contribution in [2.75, 3.05) is 18.0 Å². The Hall–Kier alpha value is -2.74. The van der Waals surface area contributed by atoms with Crippen molar-refractivity contribution in [2.24, 2.45) is 5.92 Å². The fourth-order valence-corrected chi connectivity index (χ4v) is 6.07. The molecule has 2 aliphatic rings. The van der Waals surface area contributed by atoms with E-state index in [0.717, 1.165) is 54.8 Å². The summed E-state index contributed by atoms with van der Waals surface area (Å²) in [6.07, 6.45) is 6.56. The van der Waals surface area contributed by atoms with Crippen LogP contribution in [-0.2, 0) is 24.1 Å². The maximum Gasteiger partial charge on any atom is 0.259 e. The summed E-state index contributed by atoms with van der Waals surface area (Å²) in [4.78, 5) is 41.5. The van der Waals surface area contributed by atoms with Crippen LogP contribution in [0, 0.1) is 5.92 Å². The third-order valence-corrected chi connectivity index (χ3v) is 7.48. The van der Waals surface area contributed by atoms with Crippen molar-refractivity contribution < 1.29 is 4.79 Å². The van der Waals surface area contributed by atoms with Crippen LogP contribution < -0.4 is 15.8 Å². The molecule has 4 heterocycles. The van der Waals surface area contributed by atoms with Gasteiger partial charge in [-0.3, -0.25) is 9.59 Å². The van der Waals surface area contributed by atoms with Gasteiger partial charge in [-0.1, -0.05) is 13.0 Å². The molecule has 2 atom stereocenters. The summed E-state index contributed by atoms with van der Waals surface area (Å²) in [5.41, 5.74) is 1.13. The minimum absolute atomic E-state index is 0.00471. The van der Waals surface area contributed by atoms with Gasteiger partial charge in [0.2, 0.25) is 5.91 Å². The Kier molecular flexibility index (Phi) is 5.48. The molecule has 1 amide bonds. The predicted octanol–water partition coefficient (Wildman–Crippen LogP) is 2.83. The van der Waals surface area contributed by atoms with E-state index >= 15 is 0 Å². The fraction of sp³-hybridized carbons (Fsp3) is 0.478. The zero-order valence-electron chi connectivity index (χ0n) is 17.7. The van der Waals surface area contributed by atoms with Gasteiger partial charge in [-0.15, -0.1) is 11.3 Å². The Morgan fingerprint density at radius 3 is 3.10 bits per heavy atom. The van der Waals surface area contributed by atoms with E-state index in [1.165, 1.54) is 10.4 Å². The Labute approximate surface area is 184 Å². The van der Waals surface area contributed by atoms with E-state index in [1.807, 2.05) is 18.2 Å². The van der Waals surface area contributed by atoms with E-state index in [4.69, 9.17) is 0 Å². The zero-order chi connectivity index (χ0) is 21.4.